The number of aryl methyl sites for hydroxylation is 1. The van der Waals surface area contributed by atoms with Crippen molar-refractivity contribution in [3.05, 3.63) is 23.0 Å². The fraction of sp³-hybridized carbons (Fsp3) is 0.579. The molecule has 1 saturated heterocycles. The maximum atomic E-state index is 13.3. The van der Waals surface area contributed by atoms with E-state index < -0.39 is 6.09 Å². The summed E-state index contributed by atoms with van der Waals surface area (Å²) in [4.78, 5) is 31.2. The first-order valence-electron chi connectivity index (χ1n) is 9.40. The van der Waals surface area contributed by atoms with Gasteiger partial charge >= 0.3 is 6.09 Å². The number of likely N-dealkylation sites (tertiary alicyclic amines) is 1. The zero-order valence-electron chi connectivity index (χ0n) is 16.2. The molecule has 0 spiro atoms. The number of carbonyl (C=O) groups is 2. The van der Waals surface area contributed by atoms with Crippen molar-refractivity contribution in [3.63, 3.8) is 0 Å². The second-order valence-corrected chi connectivity index (χ2v) is 7.15. The average molecular weight is 374 g/mol. The van der Waals surface area contributed by atoms with Gasteiger partial charge in [-0.2, -0.15) is 0 Å². The summed E-state index contributed by atoms with van der Waals surface area (Å²) in [6.45, 7) is 9.02. The standard InChI is InChI=1S/C19H26N4O4/c1-5-26-19(25)20-13-7-6-8-23(10-13)18(24)14-9-15(11(2)3)21-17-16(14)12(4)22-27-17/h9,11,13H,5-8,10H2,1-4H3,(H,20,25). The Hall–Kier alpha value is -2.64. The number of amides is 2. The third-order valence-electron chi connectivity index (χ3n) is 4.76. The minimum absolute atomic E-state index is 0.0917. The van der Waals surface area contributed by atoms with Crippen LogP contribution < -0.4 is 5.32 Å². The van der Waals surface area contributed by atoms with Gasteiger partial charge in [-0.15, -0.1) is 0 Å². The van der Waals surface area contributed by atoms with Crippen LogP contribution >= 0.6 is 0 Å². The number of rotatable bonds is 4. The SMILES string of the molecule is CCOC(=O)NC1CCCN(C(=O)c2cc(C(C)C)nc3onc(C)c23)C1. The first kappa shape index (κ1) is 19.1. The number of pyridine rings is 1. The molecular weight excluding hydrogens is 348 g/mol. The molecule has 0 aromatic carbocycles. The summed E-state index contributed by atoms with van der Waals surface area (Å²) in [6.07, 6.45) is 1.19. The molecule has 1 aliphatic rings. The van der Waals surface area contributed by atoms with Crippen LogP contribution in [0.15, 0.2) is 10.6 Å². The summed E-state index contributed by atoms with van der Waals surface area (Å²) in [5, 5.41) is 7.47. The van der Waals surface area contributed by atoms with Crippen molar-refractivity contribution in [1.82, 2.24) is 20.4 Å². The van der Waals surface area contributed by atoms with Crippen LogP contribution in [0.4, 0.5) is 4.79 Å². The highest BCUT2D eigenvalue weighted by molar-refractivity contribution is 6.06. The molecular formula is C19H26N4O4. The second-order valence-electron chi connectivity index (χ2n) is 7.15. The molecule has 3 heterocycles. The van der Waals surface area contributed by atoms with Crippen molar-refractivity contribution in [2.24, 2.45) is 0 Å². The third-order valence-corrected chi connectivity index (χ3v) is 4.76. The van der Waals surface area contributed by atoms with E-state index in [0.717, 1.165) is 18.5 Å². The quantitative estimate of drug-likeness (QED) is 0.883. The van der Waals surface area contributed by atoms with Crippen molar-refractivity contribution in [2.75, 3.05) is 19.7 Å². The molecule has 0 aliphatic carbocycles. The molecule has 1 aliphatic heterocycles. The first-order chi connectivity index (χ1) is 12.9. The van der Waals surface area contributed by atoms with Crippen LogP contribution in [0.25, 0.3) is 11.1 Å². The molecule has 8 nitrogen and oxygen atoms in total. The molecule has 0 saturated carbocycles. The van der Waals surface area contributed by atoms with E-state index in [9.17, 15) is 9.59 Å². The van der Waals surface area contributed by atoms with Gasteiger partial charge in [0.15, 0.2) is 0 Å². The molecule has 0 bridgehead atoms. The number of fused-ring (bicyclic) bond motifs is 1. The predicted molar refractivity (Wildman–Crippen MR) is 99.7 cm³/mol. The Morgan fingerprint density at radius 3 is 2.93 bits per heavy atom. The fourth-order valence-corrected chi connectivity index (χ4v) is 3.37. The maximum absolute atomic E-state index is 13.3. The van der Waals surface area contributed by atoms with E-state index in [1.54, 1.807) is 18.7 Å². The fourth-order valence-electron chi connectivity index (χ4n) is 3.37. The normalized spacial score (nSPS) is 17.4. The topological polar surface area (TPSA) is 97.6 Å². The lowest BCUT2D eigenvalue weighted by atomic mass is 10.0. The van der Waals surface area contributed by atoms with Crippen molar-refractivity contribution < 1.29 is 18.8 Å². The third kappa shape index (κ3) is 4.04. The Morgan fingerprint density at radius 2 is 2.22 bits per heavy atom. The zero-order chi connectivity index (χ0) is 19.6. The Kier molecular flexibility index (Phi) is 5.62. The number of ether oxygens (including phenoxy) is 1. The van der Waals surface area contributed by atoms with Crippen LogP contribution in [0.3, 0.4) is 0 Å². The van der Waals surface area contributed by atoms with E-state index in [4.69, 9.17) is 9.26 Å². The number of hydrogen-bond donors (Lipinski definition) is 1. The highest BCUT2D eigenvalue weighted by Crippen LogP contribution is 2.27. The molecule has 2 aromatic heterocycles. The van der Waals surface area contributed by atoms with Gasteiger partial charge in [0, 0.05) is 24.8 Å². The van der Waals surface area contributed by atoms with E-state index in [2.05, 4.69) is 15.5 Å². The molecule has 2 amide bonds. The Bertz CT molecular complexity index is 846. The number of nitrogens with zero attached hydrogens (tertiary/aromatic N) is 3. The van der Waals surface area contributed by atoms with E-state index in [-0.39, 0.29) is 17.9 Å². The van der Waals surface area contributed by atoms with Crippen molar-refractivity contribution >= 4 is 23.1 Å². The monoisotopic (exact) mass is 374 g/mol. The minimum atomic E-state index is -0.444. The van der Waals surface area contributed by atoms with Crippen LogP contribution in [-0.2, 0) is 4.74 Å². The molecule has 27 heavy (non-hydrogen) atoms. The van der Waals surface area contributed by atoms with Crippen molar-refractivity contribution in [3.8, 4) is 0 Å². The molecule has 2 aromatic rings. The summed E-state index contributed by atoms with van der Waals surface area (Å²) < 4.78 is 10.3. The predicted octanol–water partition coefficient (Wildman–Crippen LogP) is 3.01. The maximum Gasteiger partial charge on any atom is 0.407 e. The molecule has 0 radical (unpaired) electrons. The van der Waals surface area contributed by atoms with Crippen molar-refractivity contribution in [1.29, 1.82) is 0 Å². The van der Waals surface area contributed by atoms with Crippen LogP contribution in [0.2, 0.25) is 0 Å². The first-order valence-corrected chi connectivity index (χ1v) is 9.40. The van der Waals surface area contributed by atoms with Gasteiger partial charge in [0.05, 0.1) is 23.3 Å². The van der Waals surface area contributed by atoms with Gasteiger partial charge in [-0.1, -0.05) is 19.0 Å². The van der Waals surface area contributed by atoms with Crippen LogP contribution in [-0.4, -0.2) is 52.8 Å². The number of alkyl carbamates (subject to hydrolysis) is 1. The van der Waals surface area contributed by atoms with Gasteiger partial charge in [-0.3, -0.25) is 4.79 Å². The highest BCUT2D eigenvalue weighted by Gasteiger charge is 2.28. The van der Waals surface area contributed by atoms with Crippen LogP contribution in [0.5, 0.6) is 0 Å². The lowest BCUT2D eigenvalue weighted by Gasteiger charge is -2.33. The zero-order valence-corrected chi connectivity index (χ0v) is 16.2. The van der Waals surface area contributed by atoms with Crippen LogP contribution in [0, 0.1) is 6.92 Å². The van der Waals surface area contributed by atoms with Gasteiger partial charge in [-0.05, 0) is 38.7 Å². The van der Waals surface area contributed by atoms with Crippen LogP contribution in [0.1, 0.15) is 61.3 Å². The van der Waals surface area contributed by atoms with Gasteiger partial charge in [0.1, 0.15) is 0 Å². The Balaban J connectivity index is 1.86. The summed E-state index contributed by atoms with van der Waals surface area (Å²) in [5.41, 5.74) is 2.38. The van der Waals surface area contributed by atoms with E-state index in [1.165, 1.54) is 0 Å². The van der Waals surface area contributed by atoms with Gasteiger partial charge in [0.2, 0.25) is 0 Å². The summed E-state index contributed by atoms with van der Waals surface area (Å²) in [6, 6.07) is 1.72. The molecule has 8 heteroatoms. The summed E-state index contributed by atoms with van der Waals surface area (Å²) in [7, 11) is 0. The summed E-state index contributed by atoms with van der Waals surface area (Å²) >= 11 is 0. The number of aromatic nitrogens is 2. The molecule has 1 fully saturated rings. The Morgan fingerprint density at radius 1 is 1.44 bits per heavy atom. The largest absolute Gasteiger partial charge is 0.450 e. The number of hydrogen-bond acceptors (Lipinski definition) is 6. The number of nitrogens with one attached hydrogen (secondary N) is 1. The van der Waals surface area contributed by atoms with E-state index in [0.29, 0.717) is 42.1 Å². The lowest BCUT2D eigenvalue weighted by molar-refractivity contribution is 0.0688. The van der Waals surface area contributed by atoms with E-state index >= 15 is 0 Å². The van der Waals surface area contributed by atoms with Gasteiger partial charge in [-0.25, -0.2) is 9.78 Å². The van der Waals surface area contributed by atoms with Gasteiger partial charge < -0.3 is 19.5 Å². The number of piperidine rings is 1. The molecule has 1 N–H and O–H groups in total. The second kappa shape index (κ2) is 7.94. The lowest BCUT2D eigenvalue weighted by Crippen LogP contribution is -2.49. The number of carbonyl (C=O) groups excluding carboxylic acids is 2. The minimum Gasteiger partial charge on any atom is -0.450 e. The molecule has 146 valence electrons. The highest BCUT2D eigenvalue weighted by atomic mass is 16.5. The molecule has 3 rings (SSSR count). The Labute approximate surface area is 158 Å². The molecule has 1 atom stereocenters. The van der Waals surface area contributed by atoms with E-state index in [1.807, 2.05) is 19.9 Å². The summed E-state index contributed by atoms with van der Waals surface area (Å²) in [5.74, 6) is 0.0666. The van der Waals surface area contributed by atoms with Gasteiger partial charge in [0.25, 0.3) is 11.6 Å². The van der Waals surface area contributed by atoms with Crippen molar-refractivity contribution in [2.45, 2.75) is 52.5 Å². The molecule has 1 unspecified atom stereocenters. The smallest absolute Gasteiger partial charge is 0.407 e. The average Bonchev–Trinajstić information content (AvgIpc) is 3.02.